The summed E-state index contributed by atoms with van der Waals surface area (Å²) in [5.74, 6) is -1.38. The van der Waals surface area contributed by atoms with Gasteiger partial charge >= 0.3 is 0 Å². The first-order chi connectivity index (χ1) is 15.2. The third-order valence-corrected chi connectivity index (χ3v) is 5.72. The Morgan fingerprint density at radius 3 is 2.38 bits per heavy atom. The normalized spacial score (nSPS) is 12.2. The highest BCUT2D eigenvalue weighted by molar-refractivity contribution is 6.30. The lowest BCUT2D eigenvalue weighted by Gasteiger charge is -2.18. The average Bonchev–Trinajstić information content (AvgIpc) is 3.15. The van der Waals surface area contributed by atoms with Gasteiger partial charge in [0.05, 0.1) is 23.1 Å². The maximum atomic E-state index is 13.7. The number of benzene rings is 2. The first kappa shape index (κ1) is 22.0. The van der Waals surface area contributed by atoms with E-state index in [1.165, 1.54) is 22.9 Å². The van der Waals surface area contributed by atoms with Crippen molar-refractivity contribution in [3.8, 4) is 5.69 Å². The van der Waals surface area contributed by atoms with Crippen LogP contribution in [0.4, 0.5) is 8.78 Å². The molecule has 0 aliphatic heterocycles. The lowest BCUT2D eigenvalue weighted by molar-refractivity contribution is 0.558. The van der Waals surface area contributed by atoms with Gasteiger partial charge in [0.2, 0.25) is 0 Å². The van der Waals surface area contributed by atoms with Crippen LogP contribution in [0.2, 0.25) is 5.02 Å². The molecule has 0 saturated carbocycles. The monoisotopic (exact) mass is 453 g/mol. The fourth-order valence-electron chi connectivity index (χ4n) is 3.90. The molecule has 2 heterocycles. The van der Waals surface area contributed by atoms with Gasteiger partial charge in [-0.2, -0.15) is 0 Å². The maximum Gasteiger partial charge on any atom is 0.254 e. The van der Waals surface area contributed by atoms with Crippen LogP contribution in [0.15, 0.2) is 66.0 Å². The van der Waals surface area contributed by atoms with Crippen LogP contribution in [-0.4, -0.2) is 14.1 Å². The largest absolute Gasteiger partial charge is 0.307 e. The summed E-state index contributed by atoms with van der Waals surface area (Å²) in [6, 6.07) is 10.3. The molecule has 0 spiro atoms. The van der Waals surface area contributed by atoms with Gasteiger partial charge in [-0.1, -0.05) is 23.7 Å². The summed E-state index contributed by atoms with van der Waals surface area (Å²) in [7, 11) is 0. The molecule has 0 bridgehead atoms. The molecule has 0 amide bonds. The van der Waals surface area contributed by atoms with Gasteiger partial charge < -0.3 is 9.13 Å². The number of pyridine rings is 1. The topological polar surface area (TPSA) is 39.8 Å². The molecule has 4 nitrogen and oxygen atoms in total. The van der Waals surface area contributed by atoms with E-state index in [2.05, 4.69) is 4.98 Å². The van der Waals surface area contributed by atoms with E-state index in [0.29, 0.717) is 22.6 Å². The van der Waals surface area contributed by atoms with E-state index in [1.54, 1.807) is 19.3 Å². The summed E-state index contributed by atoms with van der Waals surface area (Å²) < 4.78 is 30.7. The summed E-state index contributed by atoms with van der Waals surface area (Å²) in [6.45, 7) is 5.65. The summed E-state index contributed by atoms with van der Waals surface area (Å²) in [5, 5.41) is 0.380. The van der Waals surface area contributed by atoms with Gasteiger partial charge in [-0.05, 0) is 61.7 Å². The zero-order valence-corrected chi connectivity index (χ0v) is 18.7. The molecule has 0 unspecified atom stereocenters. The lowest BCUT2D eigenvalue weighted by Crippen LogP contribution is -2.27. The van der Waals surface area contributed by atoms with Crippen LogP contribution in [-0.2, 0) is 6.42 Å². The van der Waals surface area contributed by atoms with Crippen molar-refractivity contribution in [3.05, 3.63) is 116 Å². The van der Waals surface area contributed by atoms with Crippen molar-refractivity contribution in [3.63, 3.8) is 0 Å². The van der Waals surface area contributed by atoms with Gasteiger partial charge in [-0.25, -0.2) is 13.8 Å². The zero-order chi connectivity index (χ0) is 23.0. The van der Waals surface area contributed by atoms with Gasteiger partial charge in [-0.3, -0.25) is 4.79 Å². The Kier molecular flexibility index (Phi) is 5.98. The zero-order valence-electron chi connectivity index (χ0n) is 17.9. The molecule has 0 aliphatic rings. The molecule has 2 aromatic carbocycles. The molecule has 4 rings (SSSR count). The van der Waals surface area contributed by atoms with Gasteiger partial charge in [-0.15, -0.1) is 0 Å². The molecule has 0 saturated heterocycles. The third-order valence-electron chi connectivity index (χ3n) is 5.51. The van der Waals surface area contributed by atoms with Crippen molar-refractivity contribution in [1.82, 2.24) is 14.1 Å². The highest BCUT2D eigenvalue weighted by Gasteiger charge is 2.16. The molecule has 2 aromatic heterocycles. The van der Waals surface area contributed by atoms with E-state index < -0.39 is 17.7 Å². The highest BCUT2D eigenvalue weighted by Crippen LogP contribution is 2.23. The SMILES string of the molecule is Cc1cn(-c2ccc(Cc3cc(Cl)cn([C@@H](C)c4cc(F)cc(F)c4)c3=O)cc2C)cn1. The third kappa shape index (κ3) is 4.50. The number of aryl methyl sites for hydroxylation is 2. The average molecular weight is 454 g/mol. The lowest BCUT2D eigenvalue weighted by atomic mass is 10.0. The second kappa shape index (κ2) is 8.71. The van der Waals surface area contributed by atoms with Gasteiger partial charge in [0.15, 0.2) is 0 Å². The van der Waals surface area contributed by atoms with Gasteiger partial charge in [0.25, 0.3) is 5.56 Å². The van der Waals surface area contributed by atoms with Gasteiger partial charge in [0.1, 0.15) is 11.6 Å². The first-order valence-corrected chi connectivity index (χ1v) is 10.6. The number of hydrogen-bond acceptors (Lipinski definition) is 2. The van der Waals surface area contributed by atoms with Crippen molar-refractivity contribution in [2.75, 3.05) is 0 Å². The Morgan fingerprint density at radius 1 is 1.03 bits per heavy atom. The van der Waals surface area contributed by atoms with E-state index in [4.69, 9.17) is 11.6 Å². The number of hydrogen-bond donors (Lipinski definition) is 0. The van der Waals surface area contributed by atoms with Crippen LogP contribution in [0.5, 0.6) is 0 Å². The Hall–Kier alpha value is -3.25. The van der Waals surface area contributed by atoms with E-state index in [-0.39, 0.29) is 5.56 Å². The van der Waals surface area contributed by atoms with Crippen LogP contribution < -0.4 is 5.56 Å². The molecule has 7 heteroatoms. The fourth-order valence-corrected chi connectivity index (χ4v) is 4.14. The van der Waals surface area contributed by atoms with E-state index in [0.717, 1.165) is 28.6 Å². The van der Waals surface area contributed by atoms with Crippen molar-refractivity contribution < 1.29 is 8.78 Å². The van der Waals surface area contributed by atoms with Crippen LogP contribution in [0.3, 0.4) is 0 Å². The Bertz CT molecular complexity index is 1340. The first-order valence-electron chi connectivity index (χ1n) is 10.2. The number of rotatable bonds is 5. The maximum absolute atomic E-state index is 13.7. The quantitative estimate of drug-likeness (QED) is 0.384. The van der Waals surface area contributed by atoms with E-state index >= 15 is 0 Å². The number of halogens is 3. The van der Waals surface area contributed by atoms with Crippen LogP contribution >= 0.6 is 11.6 Å². The minimum Gasteiger partial charge on any atom is -0.307 e. The highest BCUT2D eigenvalue weighted by atomic mass is 35.5. The summed E-state index contributed by atoms with van der Waals surface area (Å²) in [4.78, 5) is 17.5. The van der Waals surface area contributed by atoms with Crippen molar-refractivity contribution in [2.45, 2.75) is 33.2 Å². The molecular weight excluding hydrogens is 432 g/mol. The van der Waals surface area contributed by atoms with E-state index in [9.17, 15) is 13.6 Å². The Morgan fingerprint density at radius 2 is 1.75 bits per heavy atom. The smallest absolute Gasteiger partial charge is 0.254 e. The second-order valence-corrected chi connectivity index (χ2v) is 8.43. The minimum absolute atomic E-state index is 0.251. The van der Waals surface area contributed by atoms with Gasteiger partial charge in [0, 0.05) is 36.1 Å². The molecule has 1 atom stereocenters. The second-order valence-electron chi connectivity index (χ2n) is 7.99. The molecule has 0 radical (unpaired) electrons. The predicted molar refractivity (Wildman–Crippen MR) is 122 cm³/mol. The molecular formula is C25H22ClF2N3O. The summed E-state index contributed by atoms with van der Waals surface area (Å²) in [5.41, 5.74) is 4.56. The fraction of sp³-hybridized carbons (Fsp3) is 0.200. The Balaban J connectivity index is 1.67. The van der Waals surface area contributed by atoms with Crippen LogP contribution in [0.1, 0.15) is 40.9 Å². The van der Waals surface area contributed by atoms with Crippen molar-refractivity contribution in [2.24, 2.45) is 0 Å². The summed E-state index contributed by atoms with van der Waals surface area (Å²) in [6.07, 6.45) is 5.60. The predicted octanol–water partition coefficient (Wildman–Crippen LogP) is 5.78. The van der Waals surface area contributed by atoms with Crippen molar-refractivity contribution in [1.29, 1.82) is 0 Å². The van der Waals surface area contributed by atoms with Crippen LogP contribution in [0.25, 0.3) is 5.69 Å². The summed E-state index contributed by atoms with van der Waals surface area (Å²) >= 11 is 6.30. The standard InChI is InChI=1S/C25H22ClF2N3O/c1-15-6-18(4-5-24(15)30-12-16(2)29-14-30)7-20-8-21(26)13-31(25(20)32)17(3)19-9-22(27)11-23(28)10-19/h4-6,8-14,17H,7H2,1-3H3/t17-/m0/s1. The number of imidazole rings is 1. The molecule has 4 aromatic rings. The van der Waals surface area contributed by atoms with E-state index in [1.807, 2.05) is 42.8 Å². The number of nitrogens with zero attached hydrogens (tertiary/aromatic N) is 3. The number of aromatic nitrogens is 3. The minimum atomic E-state index is -0.689. The van der Waals surface area contributed by atoms with Crippen LogP contribution in [0, 0.1) is 25.5 Å². The molecule has 0 fully saturated rings. The molecule has 0 N–H and O–H groups in total. The molecule has 164 valence electrons. The Labute approximate surface area is 189 Å². The molecule has 0 aliphatic carbocycles. The molecule has 32 heavy (non-hydrogen) atoms. The van der Waals surface area contributed by atoms with Crippen molar-refractivity contribution >= 4 is 11.6 Å².